The predicted molar refractivity (Wildman–Crippen MR) is 87.2 cm³/mol. The number of morpholine rings is 1. The number of hydrogen-bond acceptors (Lipinski definition) is 5. The number of anilines is 1. The quantitative estimate of drug-likeness (QED) is 0.934. The summed E-state index contributed by atoms with van der Waals surface area (Å²) in [7, 11) is 1.69. The molecule has 2 amide bonds. The molecule has 3 rings (SSSR count). The molecule has 1 fully saturated rings. The van der Waals surface area contributed by atoms with Crippen LogP contribution in [0, 0.1) is 6.92 Å². The van der Waals surface area contributed by atoms with E-state index in [1.807, 2.05) is 42.6 Å². The maximum atomic E-state index is 12.6. The topological polar surface area (TPSA) is 71.5 Å². The number of benzene rings is 1. The molecule has 1 aromatic heterocycles. The molecule has 0 bridgehead atoms. The van der Waals surface area contributed by atoms with Gasteiger partial charge < -0.3 is 9.64 Å². The SMILES string of the molecule is Cc1csc(NC(=O)[C@@H]2OCC(=O)N(C)[C@H]2c2ccccc2)n1. The molecule has 1 aliphatic heterocycles. The van der Waals surface area contributed by atoms with Crippen LogP contribution >= 0.6 is 11.3 Å². The third-order valence-electron chi connectivity index (χ3n) is 3.73. The summed E-state index contributed by atoms with van der Waals surface area (Å²) in [5.41, 5.74) is 1.71. The lowest BCUT2D eigenvalue weighted by atomic mass is 9.98. The fourth-order valence-corrected chi connectivity index (χ4v) is 3.26. The van der Waals surface area contributed by atoms with Gasteiger partial charge in [-0.1, -0.05) is 30.3 Å². The number of carbonyl (C=O) groups is 2. The first kappa shape index (κ1) is 15.6. The summed E-state index contributed by atoms with van der Waals surface area (Å²) < 4.78 is 5.54. The first-order valence-electron chi connectivity index (χ1n) is 7.21. The largest absolute Gasteiger partial charge is 0.356 e. The van der Waals surface area contributed by atoms with Crippen molar-refractivity contribution in [2.75, 3.05) is 19.0 Å². The summed E-state index contributed by atoms with van der Waals surface area (Å²) >= 11 is 1.36. The van der Waals surface area contributed by atoms with Gasteiger partial charge in [0.1, 0.15) is 6.61 Å². The van der Waals surface area contributed by atoms with E-state index in [9.17, 15) is 9.59 Å². The Morgan fingerprint density at radius 2 is 2.13 bits per heavy atom. The molecule has 2 heterocycles. The van der Waals surface area contributed by atoms with Gasteiger partial charge in [-0.3, -0.25) is 14.9 Å². The molecule has 1 aliphatic rings. The molecular formula is C16H17N3O3S. The minimum Gasteiger partial charge on any atom is -0.356 e. The second kappa shape index (κ2) is 6.47. The second-order valence-electron chi connectivity index (χ2n) is 5.38. The molecule has 0 radical (unpaired) electrons. The number of hydrogen-bond donors (Lipinski definition) is 1. The molecule has 0 aliphatic carbocycles. The lowest BCUT2D eigenvalue weighted by Gasteiger charge is -2.38. The molecule has 2 aromatic rings. The molecule has 1 N–H and O–H groups in total. The van der Waals surface area contributed by atoms with E-state index >= 15 is 0 Å². The number of likely N-dealkylation sites (N-methyl/N-ethyl adjacent to an activating group) is 1. The van der Waals surface area contributed by atoms with Crippen LogP contribution in [0.25, 0.3) is 0 Å². The number of aryl methyl sites for hydroxylation is 1. The third kappa shape index (κ3) is 3.25. The fourth-order valence-electron chi connectivity index (χ4n) is 2.57. The Hall–Kier alpha value is -2.25. The molecule has 6 nitrogen and oxygen atoms in total. The zero-order chi connectivity index (χ0) is 16.4. The lowest BCUT2D eigenvalue weighted by Crippen LogP contribution is -2.51. The minimum absolute atomic E-state index is 0.102. The van der Waals surface area contributed by atoms with Crippen molar-refractivity contribution >= 4 is 28.3 Å². The zero-order valence-electron chi connectivity index (χ0n) is 12.9. The number of ether oxygens (including phenoxy) is 1. The highest BCUT2D eigenvalue weighted by molar-refractivity contribution is 7.13. The Morgan fingerprint density at radius 3 is 2.78 bits per heavy atom. The van der Waals surface area contributed by atoms with E-state index in [1.165, 1.54) is 11.3 Å². The van der Waals surface area contributed by atoms with Gasteiger partial charge in [0.15, 0.2) is 11.2 Å². The van der Waals surface area contributed by atoms with Crippen LogP contribution in [0.5, 0.6) is 0 Å². The minimum atomic E-state index is -0.774. The molecular weight excluding hydrogens is 314 g/mol. The standard InChI is InChI=1S/C16H17N3O3S/c1-10-9-23-16(17-10)18-15(21)14-13(11-6-4-3-5-7-11)19(2)12(20)8-22-14/h3-7,9,13-14H,8H2,1-2H3,(H,17,18,21)/t13-,14+/m0/s1. The molecule has 7 heteroatoms. The van der Waals surface area contributed by atoms with Crippen LogP contribution in [-0.2, 0) is 14.3 Å². The van der Waals surface area contributed by atoms with Gasteiger partial charge in [0, 0.05) is 12.4 Å². The first-order valence-corrected chi connectivity index (χ1v) is 8.09. The average molecular weight is 331 g/mol. The fraction of sp³-hybridized carbons (Fsp3) is 0.312. The van der Waals surface area contributed by atoms with Crippen LogP contribution in [-0.4, -0.2) is 41.5 Å². The summed E-state index contributed by atoms with van der Waals surface area (Å²) in [6.07, 6.45) is -0.774. The summed E-state index contributed by atoms with van der Waals surface area (Å²) in [5, 5.41) is 5.17. The summed E-state index contributed by atoms with van der Waals surface area (Å²) in [6, 6.07) is 8.96. The third-order valence-corrected chi connectivity index (χ3v) is 4.61. The molecule has 23 heavy (non-hydrogen) atoms. The number of aromatic nitrogens is 1. The predicted octanol–water partition coefficient (Wildman–Crippen LogP) is 1.99. The Labute approximate surface area is 138 Å². The average Bonchev–Trinajstić information content (AvgIpc) is 2.95. The van der Waals surface area contributed by atoms with Gasteiger partial charge >= 0.3 is 0 Å². The Balaban J connectivity index is 1.85. The molecule has 1 saturated heterocycles. The Morgan fingerprint density at radius 1 is 1.39 bits per heavy atom. The van der Waals surface area contributed by atoms with Crippen molar-refractivity contribution in [3.05, 3.63) is 47.0 Å². The van der Waals surface area contributed by atoms with Crippen molar-refractivity contribution in [3.63, 3.8) is 0 Å². The number of amides is 2. The van der Waals surface area contributed by atoms with E-state index in [-0.39, 0.29) is 18.4 Å². The van der Waals surface area contributed by atoms with Crippen LogP contribution in [0.4, 0.5) is 5.13 Å². The number of rotatable bonds is 3. The molecule has 0 spiro atoms. The van der Waals surface area contributed by atoms with Crippen molar-refractivity contribution in [1.82, 2.24) is 9.88 Å². The number of carbonyl (C=O) groups excluding carboxylic acids is 2. The maximum Gasteiger partial charge on any atom is 0.257 e. The second-order valence-corrected chi connectivity index (χ2v) is 6.23. The van der Waals surface area contributed by atoms with Crippen LogP contribution in [0.1, 0.15) is 17.3 Å². The van der Waals surface area contributed by atoms with Crippen molar-refractivity contribution < 1.29 is 14.3 Å². The highest BCUT2D eigenvalue weighted by atomic mass is 32.1. The lowest BCUT2D eigenvalue weighted by molar-refractivity contribution is -0.160. The van der Waals surface area contributed by atoms with E-state index < -0.39 is 12.1 Å². The molecule has 2 atom stereocenters. The highest BCUT2D eigenvalue weighted by Crippen LogP contribution is 2.30. The molecule has 120 valence electrons. The molecule has 0 unspecified atom stereocenters. The van der Waals surface area contributed by atoms with E-state index in [1.54, 1.807) is 11.9 Å². The van der Waals surface area contributed by atoms with Gasteiger partial charge in [-0.25, -0.2) is 4.98 Å². The number of thiazole rings is 1. The smallest absolute Gasteiger partial charge is 0.257 e. The van der Waals surface area contributed by atoms with Crippen LogP contribution in [0.3, 0.4) is 0 Å². The zero-order valence-corrected chi connectivity index (χ0v) is 13.7. The van der Waals surface area contributed by atoms with Crippen molar-refractivity contribution in [1.29, 1.82) is 0 Å². The van der Waals surface area contributed by atoms with Crippen molar-refractivity contribution in [2.24, 2.45) is 0 Å². The number of nitrogens with one attached hydrogen (secondary N) is 1. The van der Waals surface area contributed by atoms with E-state index in [0.29, 0.717) is 5.13 Å². The van der Waals surface area contributed by atoms with Crippen LogP contribution < -0.4 is 5.32 Å². The highest BCUT2D eigenvalue weighted by Gasteiger charge is 2.40. The van der Waals surface area contributed by atoms with Gasteiger partial charge in [-0.15, -0.1) is 11.3 Å². The summed E-state index contributed by atoms with van der Waals surface area (Å²) in [5.74, 6) is -0.444. The Kier molecular flexibility index (Phi) is 4.40. The van der Waals surface area contributed by atoms with Gasteiger partial charge in [0.05, 0.1) is 11.7 Å². The van der Waals surface area contributed by atoms with Crippen LogP contribution in [0.15, 0.2) is 35.7 Å². The monoisotopic (exact) mass is 331 g/mol. The van der Waals surface area contributed by atoms with Gasteiger partial charge in [-0.05, 0) is 12.5 Å². The van der Waals surface area contributed by atoms with E-state index in [0.717, 1.165) is 11.3 Å². The van der Waals surface area contributed by atoms with Gasteiger partial charge in [0.2, 0.25) is 5.91 Å². The maximum absolute atomic E-state index is 12.6. The summed E-state index contributed by atoms with van der Waals surface area (Å²) in [6.45, 7) is 1.76. The molecule has 1 aromatic carbocycles. The van der Waals surface area contributed by atoms with E-state index in [2.05, 4.69) is 10.3 Å². The van der Waals surface area contributed by atoms with Crippen LogP contribution in [0.2, 0.25) is 0 Å². The molecule has 0 saturated carbocycles. The van der Waals surface area contributed by atoms with Gasteiger partial charge in [0.25, 0.3) is 5.91 Å². The summed E-state index contributed by atoms with van der Waals surface area (Å²) in [4.78, 5) is 30.4. The number of nitrogens with zero attached hydrogens (tertiary/aromatic N) is 2. The van der Waals surface area contributed by atoms with Crippen molar-refractivity contribution in [2.45, 2.75) is 19.1 Å². The normalized spacial score (nSPS) is 21.3. The van der Waals surface area contributed by atoms with Gasteiger partial charge in [-0.2, -0.15) is 0 Å². The Bertz CT molecular complexity index is 716. The van der Waals surface area contributed by atoms with Crippen molar-refractivity contribution in [3.8, 4) is 0 Å². The first-order chi connectivity index (χ1) is 11.1. The van der Waals surface area contributed by atoms with E-state index in [4.69, 9.17) is 4.74 Å².